The van der Waals surface area contributed by atoms with E-state index >= 15 is 0 Å². The van der Waals surface area contributed by atoms with Gasteiger partial charge in [-0.2, -0.15) is 0 Å². The molecule has 0 fully saturated rings. The maximum Gasteiger partial charge on any atom is 0.189 e. The maximum absolute atomic E-state index is 12.1. The van der Waals surface area contributed by atoms with Crippen LogP contribution in [-0.4, -0.2) is 9.97 Å². The predicted molar refractivity (Wildman–Crippen MR) is 75.7 cm³/mol. The zero-order valence-corrected chi connectivity index (χ0v) is 10.3. The number of nitrogens with one attached hydrogen (secondary N) is 1. The SMILES string of the molecule is NCc1cc(=O)c2cc(-c3ccncc3)ccc2[nH]1. The summed E-state index contributed by atoms with van der Waals surface area (Å²) < 4.78 is 0. The molecule has 0 aliphatic carbocycles. The first-order chi connectivity index (χ1) is 9.28. The number of H-pyrrole nitrogens is 1. The molecule has 0 amide bonds. The van der Waals surface area contributed by atoms with Crippen molar-refractivity contribution in [3.8, 4) is 11.1 Å². The average molecular weight is 251 g/mol. The van der Waals surface area contributed by atoms with E-state index in [0.29, 0.717) is 11.9 Å². The molecule has 0 bridgehead atoms. The minimum atomic E-state index is -0.00916. The van der Waals surface area contributed by atoms with Crippen molar-refractivity contribution in [2.45, 2.75) is 6.54 Å². The van der Waals surface area contributed by atoms with Gasteiger partial charge >= 0.3 is 0 Å². The molecule has 3 N–H and O–H groups in total. The zero-order chi connectivity index (χ0) is 13.2. The third-order valence-electron chi connectivity index (χ3n) is 3.12. The maximum atomic E-state index is 12.1. The van der Waals surface area contributed by atoms with Crippen LogP contribution in [0.1, 0.15) is 5.69 Å². The lowest BCUT2D eigenvalue weighted by Crippen LogP contribution is -2.08. The van der Waals surface area contributed by atoms with Crippen LogP contribution in [-0.2, 0) is 6.54 Å². The van der Waals surface area contributed by atoms with Crippen molar-refractivity contribution in [3.63, 3.8) is 0 Å². The molecule has 0 saturated heterocycles. The molecule has 0 saturated carbocycles. The number of fused-ring (bicyclic) bond motifs is 1. The molecule has 1 aromatic carbocycles. The summed E-state index contributed by atoms with van der Waals surface area (Å²) in [5, 5.41) is 0.673. The average Bonchev–Trinajstić information content (AvgIpc) is 2.47. The molecular weight excluding hydrogens is 238 g/mol. The van der Waals surface area contributed by atoms with Gasteiger partial charge in [0.25, 0.3) is 0 Å². The van der Waals surface area contributed by atoms with Crippen LogP contribution in [0.25, 0.3) is 22.0 Å². The molecule has 0 radical (unpaired) electrons. The minimum absolute atomic E-state index is 0.00916. The van der Waals surface area contributed by atoms with Crippen LogP contribution in [0.4, 0.5) is 0 Å². The number of benzene rings is 1. The van der Waals surface area contributed by atoms with Gasteiger partial charge in [-0.3, -0.25) is 9.78 Å². The van der Waals surface area contributed by atoms with Crippen molar-refractivity contribution in [2.24, 2.45) is 5.73 Å². The Labute approximate surface area is 109 Å². The number of nitrogens with zero attached hydrogens (tertiary/aromatic N) is 1. The van der Waals surface area contributed by atoms with Gasteiger partial charge in [0.2, 0.25) is 0 Å². The van der Waals surface area contributed by atoms with Crippen LogP contribution in [0.15, 0.2) is 53.6 Å². The van der Waals surface area contributed by atoms with Gasteiger partial charge in [0.15, 0.2) is 5.43 Å². The van der Waals surface area contributed by atoms with Gasteiger partial charge in [0.1, 0.15) is 0 Å². The fourth-order valence-electron chi connectivity index (χ4n) is 2.14. The van der Waals surface area contributed by atoms with Gasteiger partial charge in [-0.05, 0) is 35.4 Å². The molecule has 0 atom stereocenters. The van der Waals surface area contributed by atoms with Crippen molar-refractivity contribution in [3.05, 3.63) is 64.7 Å². The normalized spacial score (nSPS) is 10.8. The summed E-state index contributed by atoms with van der Waals surface area (Å²) in [5.74, 6) is 0. The van der Waals surface area contributed by atoms with Crippen LogP contribution in [0, 0.1) is 0 Å². The molecule has 3 aromatic rings. The van der Waals surface area contributed by atoms with Crippen molar-refractivity contribution in [2.75, 3.05) is 0 Å². The van der Waals surface area contributed by atoms with Crippen LogP contribution < -0.4 is 11.2 Å². The van der Waals surface area contributed by atoms with E-state index in [1.165, 1.54) is 0 Å². The van der Waals surface area contributed by atoms with Gasteiger partial charge < -0.3 is 10.7 Å². The highest BCUT2D eigenvalue weighted by Crippen LogP contribution is 2.21. The number of rotatable bonds is 2. The highest BCUT2D eigenvalue weighted by molar-refractivity contribution is 5.84. The van der Waals surface area contributed by atoms with E-state index in [9.17, 15) is 4.79 Å². The fourth-order valence-corrected chi connectivity index (χ4v) is 2.14. The topological polar surface area (TPSA) is 71.8 Å². The molecule has 0 spiro atoms. The summed E-state index contributed by atoms with van der Waals surface area (Å²) in [4.78, 5) is 19.2. The van der Waals surface area contributed by atoms with Crippen molar-refractivity contribution in [1.29, 1.82) is 0 Å². The molecule has 19 heavy (non-hydrogen) atoms. The number of pyridine rings is 2. The van der Waals surface area contributed by atoms with Crippen LogP contribution in [0.5, 0.6) is 0 Å². The zero-order valence-electron chi connectivity index (χ0n) is 10.3. The largest absolute Gasteiger partial charge is 0.357 e. The molecule has 4 heteroatoms. The van der Waals surface area contributed by atoms with E-state index in [1.54, 1.807) is 18.5 Å². The molecule has 2 heterocycles. The van der Waals surface area contributed by atoms with E-state index in [0.717, 1.165) is 22.3 Å². The third kappa shape index (κ3) is 2.13. The monoisotopic (exact) mass is 251 g/mol. The fraction of sp³-hybridized carbons (Fsp3) is 0.0667. The molecule has 2 aromatic heterocycles. The third-order valence-corrected chi connectivity index (χ3v) is 3.12. The van der Waals surface area contributed by atoms with Crippen molar-refractivity contribution in [1.82, 2.24) is 9.97 Å². The Morgan fingerprint density at radius 1 is 1.05 bits per heavy atom. The van der Waals surface area contributed by atoms with E-state index in [-0.39, 0.29) is 5.43 Å². The summed E-state index contributed by atoms with van der Waals surface area (Å²) in [6.45, 7) is 0.331. The molecular formula is C15H13N3O. The van der Waals surface area contributed by atoms with E-state index < -0.39 is 0 Å². The van der Waals surface area contributed by atoms with Crippen molar-refractivity contribution < 1.29 is 0 Å². The van der Waals surface area contributed by atoms with E-state index in [2.05, 4.69) is 9.97 Å². The van der Waals surface area contributed by atoms with Crippen LogP contribution in [0.3, 0.4) is 0 Å². The van der Waals surface area contributed by atoms with Crippen molar-refractivity contribution >= 4 is 10.9 Å². The summed E-state index contributed by atoms with van der Waals surface area (Å²) in [6.07, 6.45) is 3.47. The first-order valence-corrected chi connectivity index (χ1v) is 6.04. The number of aromatic amines is 1. The lowest BCUT2D eigenvalue weighted by molar-refractivity contribution is 1.00. The van der Waals surface area contributed by atoms with Gasteiger partial charge in [0, 0.05) is 41.6 Å². The molecule has 3 rings (SSSR count). The van der Waals surface area contributed by atoms with E-state index in [4.69, 9.17) is 5.73 Å². The Balaban J connectivity index is 2.22. The van der Waals surface area contributed by atoms with Crippen LogP contribution >= 0.6 is 0 Å². The highest BCUT2D eigenvalue weighted by atomic mass is 16.1. The lowest BCUT2D eigenvalue weighted by atomic mass is 10.0. The second-order valence-corrected chi connectivity index (χ2v) is 4.36. The molecule has 0 unspecified atom stereocenters. The summed E-state index contributed by atoms with van der Waals surface area (Å²) in [6, 6.07) is 11.2. The molecule has 0 aliphatic heterocycles. The second-order valence-electron chi connectivity index (χ2n) is 4.36. The number of nitrogens with two attached hydrogens (primary N) is 1. The lowest BCUT2D eigenvalue weighted by Gasteiger charge is -2.05. The number of hydrogen-bond donors (Lipinski definition) is 2. The Bertz CT molecular complexity index is 778. The number of aromatic nitrogens is 2. The Morgan fingerprint density at radius 2 is 1.84 bits per heavy atom. The number of hydrogen-bond acceptors (Lipinski definition) is 3. The van der Waals surface area contributed by atoms with Crippen LogP contribution in [0.2, 0.25) is 0 Å². The summed E-state index contributed by atoms with van der Waals surface area (Å²) in [5.41, 5.74) is 9.14. The Kier molecular flexibility index (Phi) is 2.85. The highest BCUT2D eigenvalue weighted by Gasteiger charge is 2.04. The van der Waals surface area contributed by atoms with Gasteiger partial charge in [-0.15, -0.1) is 0 Å². The first-order valence-electron chi connectivity index (χ1n) is 6.04. The quantitative estimate of drug-likeness (QED) is 0.732. The second kappa shape index (κ2) is 4.66. The van der Waals surface area contributed by atoms with E-state index in [1.807, 2.05) is 30.3 Å². The molecule has 4 nitrogen and oxygen atoms in total. The Morgan fingerprint density at radius 3 is 2.58 bits per heavy atom. The molecule has 94 valence electrons. The van der Waals surface area contributed by atoms with Gasteiger partial charge in [-0.25, -0.2) is 0 Å². The van der Waals surface area contributed by atoms with Gasteiger partial charge in [0.05, 0.1) is 0 Å². The minimum Gasteiger partial charge on any atom is -0.357 e. The van der Waals surface area contributed by atoms with Gasteiger partial charge in [-0.1, -0.05) is 6.07 Å². The molecule has 0 aliphatic rings. The first kappa shape index (κ1) is 11.6. The smallest absolute Gasteiger partial charge is 0.189 e. The summed E-state index contributed by atoms with van der Waals surface area (Å²) in [7, 11) is 0. The standard InChI is InChI=1S/C15H13N3O/c16-9-12-8-15(19)13-7-11(1-2-14(13)18-12)10-3-5-17-6-4-10/h1-8H,9,16H2,(H,18,19). The predicted octanol–water partition coefficient (Wildman–Crippen LogP) is 2.05. The Hall–Kier alpha value is -2.46. The summed E-state index contributed by atoms with van der Waals surface area (Å²) >= 11 is 0.